The van der Waals surface area contributed by atoms with Crippen LogP contribution in [0.15, 0.2) is 0 Å². The molecule has 0 aromatic rings. The highest BCUT2D eigenvalue weighted by Gasteiger charge is 2.51. The molecule has 2 heterocycles. The Balaban J connectivity index is 1.61. The van der Waals surface area contributed by atoms with E-state index in [0.717, 1.165) is 19.3 Å². The van der Waals surface area contributed by atoms with Crippen molar-refractivity contribution < 1.29 is 59.5 Å². The lowest BCUT2D eigenvalue weighted by atomic mass is 9.97. The van der Waals surface area contributed by atoms with Gasteiger partial charge in [0.25, 0.3) is 0 Å². The van der Waals surface area contributed by atoms with E-state index in [4.69, 9.17) is 18.9 Å². The summed E-state index contributed by atoms with van der Waals surface area (Å²) in [6, 6.07) is 0. The third-order valence-electron chi connectivity index (χ3n) is 8.71. The summed E-state index contributed by atoms with van der Waals surface area (Å²) in [6.07, 6.45) is 5.24. The average Bonchev–Trinajstić information content (AvgIpc) is 3.01. The van der Waals surface area contributed by atoms with Crippen LogP contribution in [0.2, 0.25) is 0 Å². The van der Waals surface area contributed by atoms with Gasteiger partial charge in [0, 0.05) is 6.42 Å². The smallest absolute Gasteiger partial charge is 0.306 e. The molecule has 0 saturated carbocycles. The molecule has 10 atom stereocenters. The van der Waals surface area contributed by atoms with E-state index in [1.54, 1.807) is 0 Å². The number of aliphatic hydroxyl groups is 7. The van der Waals surface area contributed by atoms with Crippen molar-refractivity contribution in [3.8, 4) is 0 Å². The van der Waals surface area contributed by atoms with E-state index in [2.05, 4.69) is 6.92 Å². The van der Waals surface area contributed by atoms with Gasteiger partial charge in [0.05, 0.1) is 13.2 Å². The normalized spacial score (nSPS) is 32.5. The molecule has 260 valence electrons. The number of unbranched alkanes of at least 4 members (excludes halogenated alkanes) is 16. The summed E-state index contributed by atoms with van der Waals surface area (Å²) < 4.78 is 21.5. The fourth-order valence-corrected chi connectivity index (χ4v) is 5.89. The van der Waals surface area contributed by atoms with E-state index < -0.39 is 80.6 Å². The van der Waals surface area contributed by atoms with Crippen LogP contribution in [0.3, 0.4) is 0 Å². The molecule has 2 aliphatic rings. The second-order valence-electron chi connectivity index (χ2n) is 12.4. The van der Waals surface area contributed by atoms with Gasteiger partial charge in [0.15, 0.2) is 18.7 Å². The van der Waals surface area contributed by atoms with Crippen LogP contribution in [0.4, 0.5) is 0 Å². The first kappa shape index (κ1) is 39.2. The molecule has 0 aromatic carbocycles. The molecule has 2 fully saturated rings. The Morgan fingerprint density at radius 1 is 0.568 bits per heavy atom. The maximum atomic E-state index is 12.5. The van der Waals surface area contributed by atoms with Gasteiger partial charge in [-0.05, 0) is 6.42 Å². The van der Waals surface area contributed by atoms with Gasteiger partial charge in [0.2, 0.25) is 0 Å². The Morgan fingerprint density at radius 2 is 1.05 bits per heavy atom. The summed E-state index contributed by atoms with van der Waals surface area (Å²) in [4.78, 5) is 12.5. The molecular weight excluding hydrogens is 576 g/mol. The third-order valence-corrected chi connectivity index (χ3v) is 8.71. The largest absolute Gasteiger partial charge is 0.454 e. The highest BCUT2D eigenvalue weighted by atomic mass is 16.7. The quantitative estimate of drug-likeness (QED) is 0.0639. The Hall–Kier alpha value is -0.930. The average molecular weight is 637 g/mol. The van der Waals surface area contributed by atoms with Crippen molar-refractivity contribution in [2.45, 2.75) is 184 Å². The van der Waals surface area contributed by atoms with Crippen molar-refractivity contribution >= 4 is 5.97 Å². The fourth-order valence-electron chi connectivity index (χ4n) is 5.89. The van der Waals surface area contributed by atoms with Crippen molar-refractivity contribution in [2.24, 2.45) is 0 Å². The third kappa shape index (κ3) is 13.4. The van der Waals surface area contributed by atoms with Gasteiger partial charge in [0.1, 0.15) is 42.7 Å². The number of carbonyl (C=O) groups is 1. The summed E-state index contributed by atoms with van der Waals surface area (Å²) >= 11 is 0. The van der Waals surface area contributed by atoms with Gasteiger partial charge >= 0.3 is 5.97 Å². The predicted molar refractivity (Wildman–Crippen MR) is 161 cm³/mol. The van der Waals surface area contributed by atoms with Gasteiger partial charge in [-0.3, -0.25) is 4.79 Å². The molecule has 2 saturated heterocycles. The number of rotatable bonds is 23. The van der Waals surface area contributed by atoms with Crippen molar-refractivity contribution in [1.82, 2.24) is 0 Å². The number of aliphatic hydroxyl groups excluding tert-OH is 7. The van der Waals surface area contributed by atoms with Crippen LogP contribution in [-0.2, 0) is 23.7 Å². The minimum absolute atomic E-state index is 0.0935. The Morgan fingerprint density at radius 3 is 1.52 bits per heavy atom. The van der Waals surface area contributed by atoms with Gasteiger partial charge in [-0.25, -0.2) is 0 Å². The summed E-state index contributed by atoms with van der Waals surface area (Å²) in [7, 11) is 0. The molecule has 12 heteroatoms. The molecule has 2 aliphatic heterocycles. The van der Waals surface area contributed by atoms with E-state index in [1.807, 2.05) is 0 Å². The zero-order chi connectivity index (χ0) is 32.3. The summed E-state index contributed by atoms with van der Waals surface area (Å²) in [6.45, 7) is 0.867. The van der Waals surface area contributed by atoms with E-state index in [0.29, 0.717) is 6.42 Å². The second kappa shape index (κ2) is 22.6. The van der Waals surface area contributed by atoms with Crippen LogP contribution in [0, 0.1) is 0 Å². The summed E-state index contributed by atoms with van der Waals surface area (Å²) in [5.41, 5.74) is 0. The molecular formula is C32H60O12. The first-order chi connectivity index (χ1) is 21.2. The van der Waals surface area contributed by atoms with Crippen LogP contribution in [0.1, 0.15) is 122 Å². The molecule has 12 nitrogen and oxygen atoms in total. The maximum Gasteiger partial charge on any atom is 0.306 e. The maximum absolute atomic E-state index is 12.5. The molecule has 0 spiro atoms. The van der Waals surface area contributed by atoms with Crippen LogP contribution in [0.5, 0.6) is 0 Å². The molecule has 0 unspecified atom stereocenters. The number of hydrogen-bond acceptors (Lipinski definition) is 12. The molecule has 0 bridgehead atoms. The van der Waals surface area contributed by atoms with E-state index in [-0.39, 0.29) is 6.42 Å². The number of carbonyl (C=O) groups excluding carboxylic acids is 1. The number of esters is 1. The molecule has 0 amide bonds. The number of hydrogen-bond donors (Lipinski definition) is 7. The number of ether oxygens (including phenoxy) is 4. The van der Waals surface area contributed by atoms with Crippen LogP contribution < -0.4 is 0 Å². The first-order valence-electron chi connectivity index (χ1n) is 17.0. The zero-order valence-corrected chi connectivity index (χ0v) is 26.6. The topological polar surface area (TPSA) is 196 Å². The van der Waals surface area contributed by atoms with Gasteiger partial charge in [-0.15, -0.1) is 0 Å². The van der Waals surface area contributed by atoms with Crippen LogP contribution >= 0.6 is 0 Å². The standard InChI is InChI=1S/C32H60O12/c1-2-3-4-5-6-7-8-9-10-11-12-13-14-15-16-17-18-19-24(35)43-30-28(39)29(23(21-34)41-31(30)40)44-32-27(38)26(37)25(36)22(20-33)42-32/h22-23,25-34,36-40H,2-21H2,1H3/t22-,23-,25-,26+,27+,28+,29-,30+,31+,32+/m1/s1. The highest BCUT2D eigenvalue weighted by molar-refractivity contribution is 5.69. The Bertz CT molecular complexity index is 740. The fraction of sp³-hybridized carbons (Fsp3) is 0.969. The zero-order valence-electron chi connectivity index (χ0n) is 26.6. The minimum atomic E-state index is -1.76. The van der Waals surface area contributed by atoms with E-state index >= 15 is 0 Å². The van der Waals surface area contributed by atoms with Crippen molar-refractivity contribution in [3.63, 3.8) is 0 Å². The van der Waals surface area contributed by atoms with Gasteiger partial charge in [-0.2, -0.15) is 0 Å². The summed E-state index contributed by atoms with van der Waals surface area (Å²) in [5.74, 6) is -0.633. The molecule has 0 radical (unpaired) electrons. The van der Waals surface area contributed by atoms with Crippen molar-refractivity contribution in [3.05, 3.63) is 0 Å². The molecule has 0 aliphatic carbocycles. The van der Waals surface area contributed by atoms with Crippen molar-refractivity contribution in [2.75, 3.05) is 13.2 Å². The second-order valence-corrected chi connectivity index (χ2v) is 12.4. The van der Waals surface area contributed by atoms with Crippen LogP contribution in [-0.4, -0.2) is 116 Å². The first-order valence-corrected chi connectivity index (χ1v) is 17.0. The van der Waals surface area contributed by atoms with Gasteiger partial charge < -0.3 is 54.7 Å². The Labute approximate surface area is 262 Å². The summed E-state index contributed by atoms with van der Waals surface area (Å²) in [5, 5.41) is 70.6. The molecule has 0 aromatic heterocycles. The van der Waals surface area contributed by atoms with Crippen molar-refractivity contribution in [1.29, 1.82) is 0 Å². The van der Waals surface area contributed by atoms with E-state index in [9.17, 15) is 40.5 Å². The lowest BCUT2D eigenvalue weighted by Crippen LogP contribution is -2.65. The monoisotopic (exact) mass is 636 g/mol. The van der Waals surface area contributed by atoms with E-state index in [1.165, 1.54) is 83.5 Å². The SMILES string of the molecule is CCCCCCCCCCCCCCCCCCCC(=O)O[C@H]1[C@@H](O)[C@H](O[C@@H]2O[C@H](CO)[C@@H](O)[C@H](O)[C@@H]2O)[C@@H](CO)O[C@@H]1O. The lowest BCUT2D eigenvalue weighted by Gasteiger charge is -2.45. The Kier molecular flexibility index (Phi) is 20.1. The lowest BCUT2D eigenvalue weighted by molar-refractivity contribution is -0.355. The highest BCUT2D eigenvalue weighted by Crippen LogP contribution is 2.30. The van der Waals surface area contributed by atoms with Crippen LogP contribution in [0.25, 0.3) is 0 Å². The van der Waals surface area contributed by atoms with Gasteiger partial charge in [-0.1, -0.05) is 110 Å². The molecule has 7 N–H and O–H groups in total. The molecule has 44 heavy (non-hydrogen) atoms. The minimum Gasteiger partial charge on any atom is -0.454 e. The molecule has 2 rings (SSSR count). The predicted octanol–water partition coefficient (Wildman–Crippen LogP) is 2.20.